The molecule has 4 N–H and O–H groups in total. The molecule has 0 bridgehead atoms. The molecular weight excluding hydrogens is 224 g/mol. The Labute approximate surface area is 114 Å². The average molecular weight is 258 g/mol. The van der Waals surface area contributed by atoms with Crippen LogP contribution in [0.5, 0.6) is 0 Å². The molecule has 2 heterocycles. The van der Waals surface area contributed by atoms with Gasteiger partial charge in [-0.3, -0.25) is 21.3 Å². The lowest BCUT2D eigenvalue weighted by atomic mass is 10.2. The Balaban J connectivity index is 0.000000283. The Kier molecular flexibility index (Phi) is 8.78. The lowest BCUT2D eigenvalue weighted by molar-refractivity contribution is 0.575. The van der Waals surface area contributed by atoms with Crippen LogP contribution in [0.1, 0.15) is 55.4 Å². The number of rotatable bonds is 0. The van der Waals surface area contributed by atoms with E-state index in [1.54, 1.807) is 0 Å². The van der Waals surface area contributed by atoms with Crippen LogP contribution in [-0.2, 0) is 0 Å². The van der Waals surface area contributed by atoms with E-state index in [0.717, 1.165) is 0 Å². The molecule has 4 atom stereocenters. The average Bonchev–Trinajstić information content (AvgIpc) is 2.74. The molecule has 0 spiro atoms. The standard InChI is InChI=1S/2C6H14N2.C2H6/c2*1-4-5(2)8-6(3)7-4;1-2/h2*4-8H,1-3H3;1-2H3. The van der Waals surface area contributed by atoms with Crippen molar-refractivity contribution in [3.8, 4) is 0 Å². The van der Waals surface area contributed by atoms with E-state index in [1.165, 1.54) is 0 Å². The number of hydrogen-bond donors (Lipinski definition) is 4. The molecule has 2 aliphatic heterocycles. The summed E-state index contributed by atoms with van der Waals surface area (Å²) in [5.41, 5.74) is 0. The maximum absolute atomic E-state index is 3.36. The highest BCUT2D eigenvalue weighted by Gasteiger charge is 2.22. The molecule has 4 unspecified atom stereocenters. The summed E-state index contributed by atoms with van der Waals surface area (Å²) in [6, 6.07) is 2.52. The van der Waals surface area contributed by atoms with Crippen LogP contribution < -0.4 is 21.3 Å². The van der Waals surface area contributed by atoms with Crippen molar-refractivity contribution in [1.82, 2.24) is 21.3 Å². The first kappa shape index (κ1) is 17.8. The van der Waals surface area contributed by atoms with E-state index < -0.39 is 0 Å². The van der Waals surface area contributed by atoms with Crippen LogP contribution in [0, 0.1) is 0 Å². The maximum atomic E-state index is 3.36. The van der Waals surface area contributed by atoms with Gasteiger partial charge in [0.05, 0.1) is 12.3 Å². The van der Waals surface area contributed by atoms with E-state index >= 15 is 0 Å². The van der Waals surface area contributed by atoms with E-state index in [2.05, 4.69) is 62.8 Å². The third kappa shape index (κ3) is 6.14. The van der Waals surface area contributed by atoms with Crippen molar-refractivity contribution in [2.45, 2.75) is 91.9 Å². The fraction of sp³-hybridized carbons (Fsp3) is 1.00. The maximum Gasteiger partial charge on any atom is 0.0547 e. The zero-order valence-corrected chi connectivity index (χ0v) is 13.5. The van der Waals surface area contributed by atoms with Crippen molar-refractivity contribution in [2.75, 3.05) is 0 Å². The molecular formula is C14H34N4. The van der Waals surface area contributed by atoms with Crippen LogP contribution in [0.25, 0.3) is 0 Å². The van der Waals surface area contributed by atoms with Crippen molar-refractivity contribution in [1.29, 1.82) is 0 Å². The van der Waals surface area contributed by atoms with E-state index in [0.29, 0.717) is 36.5 Å². The predicted octanol–water partition coefficient (Wildman–Crippen LogP) is 1.63. The summed E-state index contributed by atoms with van der Waals surface area (Å²) in [6.45, 7) is 17.1. The molecule has 2 fully saturated rings. The van der Waals surface area contributed by atoms with Gasteiger partial charge >= 0.3 is 0 Å². The topological polar surface area (TPSA) is 48.1 Å². The zero-order chi connectivity index (χ0) is 14.3. The van der Waals surface area contributed by atoms with Gasteiger partial charge in [0.25, 0.3) is 0 Å². The lowest BCUT2D eigenvalue weighted by Gasteiger charge is -2.05. The van der Waals surface area contributed by atoms with Crippen LogP contribution in [-0.4, -0.2) is 36.5 Å². The number of nitrogens with one attached hydrogen (secondary N) is 4. The van der Waals surface area contributed by atoms with Gasteiger partial charge in [-0.1, -0.05) is 13.8 Å². The summed E-state index contributed by atoms with van der Waals surface area (Å²) >= 11 is 0. The first-order valence-electron chi connectivity index (χ1n) is 7.44. The van der Waals surface area contributed by atoms with Gasteiger partial charge < -0.3 is 0 Å². The quantitative estimate of drug-likeness (QED) is 0.533. The number of hydrogen-bond acceptors (Lipinski definition) is 4. The largest absolute Gasteiger partial charge is 0.298 e. The van der Waals surface area contributed by atoms with Crippen LogP contribution in [0.2, 0.25) is 0 Å². The van der Waals surface area contributed by atoms with E-state index in [9.17, 15) is 0 Å². The van der Waals surface area contributed by atoms with Gasteiger partial charge in [0.1, 0.15) is 0 Å². The highest BCUT2D eigenvalue weighted by molar-refractivity contribution is 4.85. The Bertz CT molecular complexity index is 168. The van der Waals surface area contributed by atoms with Gasteiger partial charge in [0, 0.05) is 24.2 Å². The molecule has 0 aromatic rings. The van der Waals surface area contributed by atoms with Crippen LogP contribution >= 0.6 is 0 Å². The molecule has 2 rings (SSSR count). The third-order valence-corrected chi connectivity index (χ3v) is 3.55. The summed E-state index contributed by atoms with van der Waals surface area (Å²) in [5, 5.41) is 13.4. The van der Waals surface area contributed by atoms with Crippen molar-refractivity contribution < 1.29 is 0 Å². The molecule has 4 nitrogen and oxygen atoms in total. The summed E-state index contributed by atoms with van der Waals surface area (Å²) in [6.07, 6.45) is 1.00. The molecule has 2 saturated heterocycles. The summed E-state index contributed by atoms with van der Waals surface area (Å²) in [5.74, 6) is 0. The van der Waals surface area contributed by atoms with Crippen molar-refractivity contribution >= 4 is 0 Å². The highest BCUT2D eigenvalue weighted by Crippen LogP contribution is 2.01. The zero-order valence-electron chi connectivity index (χ0n) is 13.5. The molecule has 18 heavy (non-hydrogen) atoms. The molecule has 110 valence electrons. The second-order valence-corrected chi connectivity index (χ2v) is 5.26. The van der Waals surface area contributed by atoms with Gasteiger partial charge in [-0.15, -0.1) is 0 Å². The summed E-state index contributed by atoms with van der Waals surface area (Å²) < 4.78 is 0. The molecule has 0 aromatic carbocycles. The highest BCUT2D eigenvalue weighted by atomic mass is 15.2. The molecule has 0 aromatic heterocycles. The second kappa shape index (κ2) is 8.86. The fourth-order valence-electron chi connectivity index (χ4n) is 2.25. The smallest absolute Gasteiger partial charge is 0.0547 e. The van der Waals surface area contributed by atoms with Gasteiger partial charge in [-0.05, 0) is 41.5 Å². The van der Waals surface area contributed by atoms with E-state index in [1.807, 2.05) is 13.8 Å². The minimum absolute atomic E-state index is 0.500. The second-order valence-electron chi connectivity index (χ2n) is 5.26. The Morgan fingerprint density at radius 2 is 0.611 bits per heavy atom. The summed E-state index contributed by atoms with van der Waals surface area (Å²) in [7, 11) is 0. The first-order chi connectivity index (χ1) is 8.40. The first-order valence-corrected chi connectivity index (χ1v) is 7.44. The SMILES string of the molecule is CC.CC1NC(C)C(C)N1.CC1NC(C)C(C)N1. The molecule has 0 saturated carbocycles. The predicted molar refractivity (Wildman–Crippen MR) is 80.7 cm³/mol. The van der Waals surface area contributed by atoms with Crippen molar-refractivity contribution in [3.05, 3.63) is 0 Å². The lowest BCUT2D eigenvalue weighted by Crippen LogP contribution is -2.28. The van der Waals surface area contributed by atoms with Crippen molar-refractivity contribution in [3.63, 3.8) is 0 Å². The Morgan fingerprint density at radius 1 is 0.444 bits per heavy atom. The normalized spacial score (nSPS) is 42.7. The minimum atomic E-state index is 0.500. The Morgan fingerprint density at radius 3 is 0.667 bits per heavy atom. The van der Waals surface area contributed by atoms with Gasteiger partial charge in [0.2, 0.25) is 0 Å². The van der Waals surface area contributed by atoms with Gasteiger partial charge in [0.15, 0.2) is 0 Å². The Hall–Kier alpha value is -0.160. The van der Waals surface area contributed by atoms with E-state index in [-0.39, 0.29) is 0 Å². The van der Waals surface area contributed by atoms with Gasteiger partial charge in [-0.2, -0.15) is 0 Å². The molecule has 0 aliphatic carbocycles. The van der Waals surface area contributed by atoms with Crippen molar-refractivity contribution in [2.24, 2.45) is 0 Å². The fourth-order valence-corrected chi connectivity index (χ4v) is 2.25. The van der Waals surface area contributed by atoms with Crippen LogP contribution in [0.15, 0.2) is 0 Å². The third-order valence-electron chi connectivity index (χ3n) is 3.55. The minimum Gasteiger partial charge on any atom is -0.298 e. The van der Waals surface area contributed by atoms with Crippen LogP contribution in [0.4, 0.5) is 0 Å². The molecule has 0 radical (unpaired) electrons. The van der Waals surface area contributed by atoms with Crippen LogP contribution in [0.3, 0.4) is 0 Å². The molecule has 4 heteroatoms. The summed E-state index contributed by atoms with van der Waals surface area (Å²) in [4.78, 5) is 0. The van der Waals surface area contributed by atoms with Gasteiger partial charge in [-0.25, -0.2) is 0 Å². The molecule has 2 aliphatic rings. The van der Waals surface area contributed by atoms with E-state index in [4.69, 9.17) is 0 Å². The monoisotopic (exact) mass is 258 g/mol. The molecule has 0 amide bonds.